The average molecular weight is 552 g/mol. The molecule has 1 aliphatic heterocycles. The minimum atomic E-state index is -1.49. The molecule has 5 nitrogen and oxygen atoms in total. The van der Waals surface area contributed by atoms with E-state index in [4.69, 9.17) is 4.74 Å². The van der Waals surface area contributed by atoms with Crippen molar-refractivity contribution in [2.45, 2.75) is 24.9 Å². The van der Waals surface area contributed by atoms with E-state index in [1.165, 1.54) is 30.6 Å². The van der Waals surface area contributed by atoms with Crippen LogP contribution in [0.2, 0.25) is 0 Å². The summed E-state index contributed by atoms with van der Waals surface area (Å²) in [4.78, 5) is 3.32. The molecule has 0 saturated carbocycles. The number of thiophene rings is 1. The summed E-state index contributed by atoms with van der Waals surface area (Å²) in [6.07, 6.45) is 3.84. The van der Waals surface area contributed by atoms with Crippen molar-refractivity contribution in [3.63, 3.8) is 0 Å². The highest BCUT2D eigenvalue weighted by molar-refractivity contribution is 7.22. The topological polar surface area (TPSA) is 73.2 Å². The maximum Gasteiger partial charge on any atom is 0.142 e. The highest BCUT2D eigenvalue weighted by Crippen LogP contribution is 2.50. The molecule has 40 heavy (non-hydrogen) atoms. The summed E-state index contributed by atoms with van der Waals surface area (Å²) >= 11 is 1.51. The minimum absolute atomic E-state index is 0.173. The number of aliphatic hydroxyl groups is 1. The highest BCUT2D eigenvalue weighted by Gasteiger charge is 2.39. The largest absolute Gasteiger partial charge is 0.508 e. The summed E-state index contributed by atoms with van der Waals surface area (Å²) in [5.41, 5.74) is 1.58. The molecule has 1 atom stereocenters. The van der Waals surface area contributed by atoms with Gasteiger partial charge in [-0.25, -0.2) is 0 Å². The third-order valence-corrected chi connectivity index (χ3v) is 8.96. The number of rotatable bonds is 8. The average Bonchev–Trinajstić information content (AvgIpc) is 3.37. The Morgan fingerprint density at radius 1 is 0.750 bits per heavy atom. The van der Waals surface area contributed by atoms with Gasteiger partial charge < -0.3 is 20.1 Å². The predicted molar refractivity (Wildman–Crippen MR) is 161 cm³/mol. The van der Waals surface area contributed by atoms with Gasteiger partial charge in [-0.05, 0) is 97.2 Å². The molecule has 0 bridgehead atoms. The molecule has 2 heterocycles. The van der Waals surface area contributed by atoms with E-state index < -0.39 is 5.60 Å². The van der Waals surface area contributed by atoms with Gasteiger partial charge in [-0.2, -0.15) is 0 Å². The van der Waals surface area contributed by atoms with E-state index in [0.29, 0.717) is 6.61 Å². The van der Waals surface area contributed by atoms with Crippen LogP contribution in [0.15, 0.2) is 97.1 Å². The Kier molecular flexibility index (Phi) is 7.48. The van der Waals surface area contributed by atoms with Gasteiger partial charge in [-0.15, -0.1) is 11.3 Å². The zero-order chi connectivity index (χ0) is 27.5. The SMILES string of the molecule is Oc1ccc(-c2sc3cc(O)ccc3c2C(O)(c2ccccc2)c2ccc(OCCN3CCCCC3)cc2)cc1. The fraction of sp³-hybridized carbons (Fsp3) is 0.235. The fourth-order valence-corrected chi connectivity index (χ4v) is 6.96. The molecular weight excluding hydrogens is 518 g/mol. The molecule has 204 valence electrons. The van der Waals surface area contributed by atoms with Crippen molar-refractivity contribution in [1.29, 1.82) is 0 Å². The number of fused-ring (bicyclic) bond motifs is 1. The van der Waals surface area contributed by atoms with E-state index in [-0.39, 0.29) is 11.5 Å². The highest BCUT2D eigenvalue weighted by atomic mass is 32.1. The molecule has 0 radical (unpaired) electrons. The first-order valence-electron chi connectivity index (χ1n) is 13.8. The Balaban J connectivity index is 1.43. The molecule has 0 amide bonds. The summed E-state index contributed by atoms with van der Waals surface area (Å²) in [6.45, 7) is 3.83. The Hall–Kier alpha value is -3.84. The van der Waals surface area contributed by atoms with Gasteiger partial charge in [-0.1, -0.05) is 48.9 Å². The second-order valence-electron chi connectivity index (χ2n) is 10.4. The van der Waals surface area contributed by atoms with Crippen molar-refractivity contribution in [2.24, 2.45) is 0 Å². The Labute approximate surface area is 238 Å². The molecule has 5 aromatic rings. The maximum atomic E-state index is 12.9. The quantitative estimate of drug-likeness (QED) is 0.191. The monoisotopic (exact) mass is 551 g/mol. The molecule has 1 aliphatic rings. The lowest BCUT2D eigenvalue weighted by Gasteiger charge is -2.31. The first-order chi connectivity index (χ1) is 19.5. The number of aromatic hydroxyl groups is 2. The van der Waals surface area contributed by atoms with Crippen LogP contribution in [-0.4, -0.2) is 46.5 Å². The molecule has 6 heteroatoms. The first kappa shape index (κ1) is 26.4. The number of ether oxygens (including phenoxy) is 1. The van der Waals surface area contributed by atoms with Crippen LogP contribution in [0.3, 0.4) is 0 Å². The van der Waals surface area contributed by atoms with Crippen molar-refractivity contribution >= 4 is 21.4 Å². The van der Waals surface area contributed by atoms with Crippen molar-refractivity contribution in [2.75, 3.05) is 26.2 Å². The predicted octanol–water partition coefficient (Wildman–Crippen LogP) is 7.13. The van der Waals surface area contributed by atoms with Crippen LogP contribution in [0.25, 0.3) is 20.5 Å². The Morgan fingerprint density at radius 2 is 1.43 bits per heavy atom. The summed E-state index contributed by atoms with van der Waals surface area (Å²) in [7, 11) is 0. The van der Waals surface area contributed by atoms with Gasteiger partial charge in [0.25, 0.3) is 0 Å². The van der Waals surface area contributed by atoms with E-state index in [9.17, 15) is 15.3 Å². The van der Waals surface area contributed by atoms with E-state index in [1.54, 1.807) is 24.3 Å². The van der Waals surface area contributed by atoms with Crippen LogP contribution in [0.5, 0.6) is 17.2 Å². The molecule has 1 fully saturated rings. The van der Waals surface area contributed by atoms with Gasteiger partial charge in [0.2, 0.25) is 0 Å². The van der Waals surface area contributed by atoms with Crippen LogP contribution >= 0.6 is 11.3 Å². The Morgan fingerprint density at radius 3 is 2.15 bits per heavy atom. The molecule has 3 N–H and O–H groups in total. The van der Waals surface area contributed by atoms with Crippen molar-refractivity contribution in [1.82, 2.24) is 4.90 Å². The Bertz CT molecular complexity index is 1570. The molecule has 0 aliphatic carbocycles. The molecule has 0 spiro atoms. The second-order valence-corrected chi connectivity index (χ2v) is 11.4. The van der Waals surface area contributed by atoms with Crippen LogP contribution < -0.4 is 4.74 Å². The fourth-order valence-electron chi connectivity index (χ4n) is 5.66. The van der Waals surface area contributed by atoms with E-state index in [1.807, 2.05) is 72.8 Å². The van der Waals surface area contributed by atoms with Crippen molar-refractivity contribution in [3.8, 4) is 27.7 Å². The summed E-state index contributed by atoms with van der Waals surface area (Å²) in [5, 5.41) is 33.9. The number of piperidine rings is 1. The molecule has 1 unspecified atom stereocenters. The van der Waals surface area contributed by atoms with Gasteiger partial charge in [0.1, 0.15) is 29.5 Å². The summed E-state index contributed by atoms with van der Waals surface area (Å²) in [6, 6.07) is 29.7. The standard InChI is InChI=1S/C34H33NO4S/c36-27-13-9-24(10-14-27)33-32(30-18-15-28(37)23-31(30)40-33)34(38,25-7-3-1-4-8-25)26-11-16-29(17-12-26)39-22-21-35-19-5-2-6-20-35/h1,3-4,7-18,23,36-38H,2,5-6,19-22H2. The lowest BCUT2D eigenvalue weighted by molar-refractivity contribution is 0.128. The smallest absolute Gasteiger partial charge is 0.142 e. The lowest BCUT2D eigenvalue weighted by atomic mass is 9.78. The number of phenols is 2. The third-order valence-electron chi connectivity index (χ3n) is 7.75. The number of benzene rings is 4. The second kappa shape index (κ2) is 11.3. The number of likely N-dealkylation sites (tertiary alicyclic amines) is 1. The van der Waals surface area contributed by atoms with Crippen molar-refractivity contribution in [3.05, 3.63) is 114 Å². The number of nitrogens with zero attached hydrogens (tertiary/aromatic N) is 1. The van der Waals surface area contributed by atoms with Crippen LogP contribution in [0, 0.1) is 0 Å². The van der Waals surface area contributed by atoms with Gasteiger partial charge in [0.05, 0.1) is 0 Å². The molecule has 6 rings (SSSR count). The van der Waals surface area contributed by atoms with Gasteiger partial charge >= 0.3 is 0 Å². The third kappa shape index (κ3) is 5.18. The summed E-state index contributed by atoms with van der Waals surface area (Å²) in [5.74, 6) is 1.13. The molecule has 1 aromatic heterocycles. The number of hydrogen-bond acceptors (Lipinski definition) is 6. The molecule has 4 aromatic carbocycles. The van der Waals surface area contributed by atoms with Gasteiger partial charge in [0.15, 0.2) is 0 Å². The van der Waals surface area contributed by atoms with Gasteiger partial charge in [0, 0.05) is 27.1 Å². The molecular formula is C34H33NO4S. The van der Waals surface area contributed by atoms with Crippen LogP contribution in [-0.2, 0) is 5.60 Å². The number of phenolic OH excluding ortho intramolecular Hbond substituents is 2. The normalized spacial score (nSPS) is 15.6. The van der Waals surface area contributed by atoms with E-state index in [0.717, 1.165) is 62.6 Å². The zero-order valence-corrected chi connectivity index (χ0v) is 23.1. The van der Waals surface area contributed by atoms with Crippen molar-refractivity contribution < 1.29 is 20.1 Å². The summed E-state index contributed by atoms with van der Waals surface area (Å²) < 4.78 is 6.95. The van der Waals surface area contributed by atoms with Crippen LogP contribution in [0.4, 0.5) is 0 Å². The van der Waals surface area contributed by atoms with E-state index in [2.05, 4.69) is 4.90 Å². The first-order valence-corrected chi connectivity index (χ1v) is 14.6. The zero-order valence-electron chi connectivity index (χ0n) is 22.3. The number of hydrogen-bond donors (Lipinski definition) is 3. The van der Waals surface area contributed by atoms with Crippen LogP contribution in [0.1, 0.15) is 36.0 Å². The minimum Gasteiger partial charge on any atom is -0.508 e. The van der Waals surface area contributed by atoms with Gasteiger partial charge in [-0.3, -0.25) is 4.90 Å². The maximum absolute atomic E-state index is 12.9. The van der Waals surface area contributed by atoms with E-state index >= 15 is 0 Å². The molecule has 1 saturated heterocycles. The lowest BCUT2D eigenvalue weighted by Crippen LogP contribution is -2.33.